The standard InChI is InChI=1S/C10H14N2O/c1-4-8(2)11-9-6-5-7-10(12-9)13-3/h4-8H,1H2,2-3H3,(H,11,12). The third-order valence-electron chi connectivity index (χ3n) is 1.66. The predicted molar refractivity (Wildman–Crippen MR) is 54.1 cm³/mol. The summed E-state index contributed by atoms with van der Waals surface area (Å²) < 4.78 is 4.99. The molecule has 0 bridgehead atoms. The minimum atomic E-state index is 0.208. The molecule has 1 rings (SSSR count). The molecule has 13 heavy (non-hydrogen) atoms. The number of hydrogen-bond acceptors (Lipinski definition) is 3. The van der Waals surface area contributed by atoms with Gasteiger partial charge in [-0.05, 0) is 13.0 Å². The summed E-state index contributed by atoms with van der Waals surface area (Å²) in [6.07, 6.45) is 1.82. The van der Waals surface area contributed by atoms with Crippen LogP contribution in [-0.4, -0.2) is 18.1 Å². The van der Waals surface area contributed by atoms with E-state index < -0.39 is 0 Å². The maximum Gasteiger partial charge on any atom is 0.214 e. The Morgan fingerprint density at radius 2 is 2.38 bits per heavy atom. The van der Waals surface area contributed by atoms with Gasteiger partial charge in [0.25, 0.3) is 0 Å². The highest BCUT2D eigenvalue weighted by Gasteiger charge is 1.98. The summed E-state index contributed by atoms with van der Waals surface area (Å²) in [6, 6.07) is 5.80. The van der Waals surface area contributed by atoms with Crippen LogP contribution in [0, 0.1) is 0 Å². The lowest BCUT2D eigenvalue weighted by atomic mass is 10.3. The van der Waals surface area contributed by atoms with E-state index in [2.05, 4.69) is 16.9 Å². The molecule has 0 amide bonds. The van der Waals surface area contributed by atoms with Crippen LogP contribution < -0.4 is 10.1 Å². The Hall–Kier alpha value is -1.51. The van der Waals surface area contributed by atoms with Gasteiger partial charge >= 0.3 is 0 Å². The second kappa shape index (κ2) is 4.50. The Kier molecular flexibility index (Phi) is 3.31. The molecule has 1 atom stereocenters. The van der Waals surface area contributed by atoms with E-state index in [0.29, 0.717) is 5.88 Å². The largest absolute Gasteiger partial charge is 0.481 e. The molecule has 1 aromatic rings. The van der Waals surface area contributed by atoms with Crippen LogP contribution in [0.3, 0.4) is 0 Å². The Morgan fingerprint density at radius 1 is 1.62 bits per heavy atom. The van der Waals surface area contributed by atoms with Crippen LogP contribution in [0.2, 0.25) is 0 Å². The monoisotopic (exact) mass is 178 g/mol. The summed E-state index contributed by atoms with van der Waals surface area (Å²) >= 11 is 0. The van der Waals surface area contributed by atoms with E-state index in [1.807, 2.05) is 31.2 Å². The van der Waals surface area contributed by atoms with Crippen molar-refractivity contribution >= 4 is 5.82 Å². The molecule has 0 spiro atoms. The SMILES string of the molecule is C=CC(C)Nc1cccc(OC)n1. The van der Waals surface area contributed by atoms with Gasteiger partial charge in [0.05, 0.1) is 7.11 Å². The van der Waals surface area contributed by atoms with E-state index >= 15 is 0 Å². The van der Waals surface area contributed by atoms with Crippen molar-refractivity contribution in [1.29, 1.82) is 0 Å². The van der Waals surface area contributed by atoms with Gasteiger partial charge in [-0.2, -0.15) is 4.98 Å². The molecule has 3 heteroatoms. The highest BCUT2D eigenvalue weighted by atomic mass is 16.5. The maximum absolute atomic E-state index is 4.99. The summed E-state index contributed by atoms with van der Waals surface area (Å²) in [6.45, 7) is 5.69. The summed E-state index contributed by atoms with van der Waals surface area (Å²) in [5, 5.41) is 3.16. The number of hydrogen-bond donors (Lipinski definition) is 1. The molecule has 70 valence electrons. The second-order valence-electron chi connectivity index (χ2n) is 2.73. The highest BCUT2D eigenvalue weighted by molar-refractivity contribution is 5.38. The first-order chi connectivity index (χ1) is 6.26. The minimum Gasteiger partial charge on any atom is -0.481 e. The zero-order valence-electron chi connectivity index (χ0n) is 7.95. The number of pyridine rings is 1. The topological polar surface area (TPSA) is 34.1 Å². The molecule has 0 saturated heterocycles. The van der Waals surface area contributed by atoms with E-state index in [9.17, 15) is 0 Å². The molecule has 1 heterocycles. The zero-order chi connectivity index (χ0) is 9.68. The molecule has 0 aliphatic carbocycles. The number of nitrogens with one attached hydrogen (secondary N) is 1. The van der Waals surface area contributed by atoms with Crippen LogP contribution in [0.1, 0.15) is 6.92 Å². The number of rotatable bonds is 4. The fraction of sp³-hybridized carbons (Fsp3) is 0.300. The van der Waals surface area contributed by atoms with Gasteiger partial charge in [0.2, 0.25) is 5.88 Å². The fourth-order valence-corrected chi connectivity index (χ4v) is 0.901. The van der Waals surface area contributed by atoms with Gasteiger partial charge in [0, 0.05) is 12.1 Å². The molecule has 0 aliphatic heterocycles. The molecule has 3 nitrogen and oxygen atoms in total. The zero-order valence-corrected chi connectivity index (χ0v) is 7.95. The van der Waals surface area contributed by atoms with Gasteiger partial charge < -0.3 is 10.1 Å². The molecule has 1 aromatic heterocycles. The lowest BCUT2D eigenvalue weighted by Gasteiger charge is -2.10. The van der Waals surface area contributed by atoms with Gasteiger partial charge in [-0.25, -0.2) is 0 Å². The van der Waals surface area contributed by atoms with E-state index in [0.717, 1.165) is 5.82 Å². The summed E-state index contributed by atoms with van der Waals surface area (Å²) in [5.74, 6) is 1.41. The molecule has 0 aliphatic rings. The molecule has 0 saturated carbocycles. The Balaban J connectivity index is 2.71. The normalized spacial score (nSPS) is 11.8. The first kappa shape index (κ1) is 9.58. The molecule has 1 unspecified atom stereocenters. The summed E-state index contributed by atoms with van der Waals surface area (Å²) in [7, 11) is 1.60. The van der Waals surface area contributed by atoms with Gasteiger partial charge in [-0.15, -0.1) is 6.58 Å². The van der Waals surface area contributed by atoms with Crippen molar-refractivity contribution in [3.8, 4) is 5.88 Å². The third-order valence-corrected chi connectivity index (χ3v) is 1.66. The summed E-state index contributed by atoms with van der Waals surface area (Å²) in [4.78, 5) is 4.20. The summed E-state index contributed by atoms with van der Waals surface area (Å²) in [5.41, 5.74) is 0. The van der Waals surface area contributed by atoms with Crippen LogP contribution in [0.15, 0.2) is 30.9 Å². The smallest absolute Gasteiger partial charge is 0.214 e. The Bertz CT molecular complexity index is 286. The molecule has 0 radical (unpaired) electrons. The molecule has 0 fully saturated rings. The average Bonchev–Trinajstić information content (AvgIpc) is 2.18. The quantitative estimate of drug-likeness (QED) is 0.717. The van der Waals surface area contributed by atoms with Gasteiger partial charge in [0.1, 0.15) is 5.82 Å². The van der Waals surface area contributed by atoms with Crippen molar-refractivity contribution in [2.24, 2.45) is 0 Å². The minimum absolute atomic E-state index is 0.208. The van der Waals surface area contributed by atoms with Crippen LogP contribution >= 0.6 is 0 Å². The van der Waals surface area contributed by atoms with Crippen LogP contribution in [0.5, 0.6) is 5.88 Å². The lowest BCUT2D eigenvalue weighted by Crippen LogP contribution is -2.12. The van der Waals surface area contributed by atoms with Crippen LogP contribution in [0.25, 0.3) is 0 Å². The van der Waals surface area contributed by atoms with Crippen molar-refractivity contribution in [2.45, 2.75) is 13.0 Å². The third kappa shape index (κ3) is 2.78. The van der Waals surface area contributed by atoms with Gasteiger partial charge in [0.15, 0.2) is 0 Å². The molecule has 0 aromatic carbocycles. The maximum atomic E-state index is 4.99. The van der Waals surface area contributed by atoms with E-state index in [4.69, 9.17) is 4.74 Å². The number of aromatic nitrogens is 1. The van der Waals surface area contributed by atoms with Crippen molar-refractivity contribution in [3.05, 3.63) is 30.9 Å². The van der Waals surface area contributed by atoms with Crippen LogP contribution in [0.4, 0.5) is 5.82 Å². The Labute approximate surface area is 78.4 Å². The predicted octanol–water partition coefficient (Wildman–Crippen LogP) is 2.08. The number of nitrogens with zero attached hydrogens (tertiary/aromatic N) is 1. The van der Waals surface area contributed by atoms with Crippen molar-refractivity contribution in [3.63, 3.8) is 0 Å². The first-order valence-electron chi connectivity index (χ1n) is 4.16. The van der Waals surface area contributed by atoms with Gasteiger partial charge in [-0.3, -0.25) is 0 Å². The molecular formula is C10H14N2O. The molecule has 1 N–H and O–H groups in total. The van der Waals surface area contributed by atoms with Crippen LogP contribution in [-0.2, 0) is 0 Å². The first-order valence-corrected chi connectivity index (χ1v) is 4.16. The van der Waals surface area contributed by atoms with Crippen molar-refractivity contribution in [2.75, 3.05) is 12.4 Å². The number of anilines is 1. The number of methoxy groups -OCH3 is 1. The molecular weight excluding hydrogens is 164 g/mol. The average molecular weight is 178 g/mol. The van der Waals surface area contributed by atoms with E-state index in [1.54, 1.807) is 7.11 Å². The van der Waals surface area contributed by atoms with E-state index in [1.165, 1.54) is 0 Å². The van der Waals surface area contributed by atoms with E-state index in [-0.39, 0.29) is 6.04 Å². The van der Waals surface area contributed by atoms with Crippen molar-refractivity contribution < 1.29 is 4.74 Å². The fourth-order valence-electron chi connectivity index (χ4n) is 0.901. The van der Waals surface area contributed by atoms with Gasteiger partial charge in [-0.1, -0.05) is 12.1 Å². The second-order valence-corrected chi connectivity index (χ2v) is 2.73. The highest BCUT2D eigenvalue weighted by Crippen LogP contribution is 2.11. The lowest BCUT2D eigenvalue weighted by molar-refractivity contribution is 0.398. The number of ether oxygens (including phenoxy) is 1. The van der Waals surface area contributed by atoms with Crippen molar-refractivity contribution in [1.82, 2.24) is 4.98 Å². The Morgan fingerprint density at radius 3 is 3.00 bits per heavy atom.